The first kappa shape index (κ1) is 21.3. The van der Waals surface area contributed by atoms with E-state index in [1.165, 1.54) is 30.3 Å². The van der Waals surface area contributed by atoms with Crippen molar-refractivity contribution in [1.29, 1.82) is 0 Å². The maximum atomic E-state index is 12.8. The van der Waals surface area contributed by atoms with Gasteiger partial charge in [-0.25, -0.2) is 16.8 Å². The second-order valence-electron chi connectivity index (χ2n) is 6.63. The van der Waals surface area contributed by atoms with E-state index in [9.17, 15) is 34.8 Å². The SMILES string of the molecule is O=C(Nc1cccc(C(F)(F)F)c1)c1ccc(S(=O)(=O)C2CCS(=O)(=O)C2)cc1. The summed E-state index contributed by atoms with van der Waals surface area (Å²) in [7, 11) is -7.25. The van der Waals surface area contributed by atoms with Crippen LogP contribution < -0.4 is 5.32 Å². The monoisotopic (exact) mass is 447 g/mol. The summed E-state index contributed by atoms with van der Waals surface area (Å²) in [4.78, 5) is 12.1. The summed E-state index contributed by atoms with van der Waals surface area (Å²) in [6.07, 6.45) is -4.53. The maximum Gasteiger partial charge on any atom is 0.416 e. The smallest absolute Gasteiger partial charge is 0.322 e. The van der Waals surface area contributed by atoms with Crippen molar-refractivity contribution in [3.8, 4) is 0 Å². The highest BCUT2D eigenvalue weighted by molar-refractivity contribution is 7.96. The molecular weight excluding hydrogens is 431 g/mol. The molecule has 0 aromatic heterocycles. The minimum absolute atomic E-state index is 0.0163. The van der Waals surface area contributed by atoms with Gasteiger partial charge < -0.3 is 5.32 Å². The van der Waals surface area contributed by atoms with E-state index in [2.05, 4.69) is 5.32 Å². The topological polar surface area (TPSA) is 97.4 Å². The number of sulfone groups is 2. The van der Waals surface area contributed by atoms with Crippen molar-refractivity contribution < 1.29 is 34.8 Å². The minimum atomic E-state index is -4.55. The number of halogens is 3. The molecule has 0 spiro atoms. The summed E-state index contributed by atoms with van der Waals surface area (Å²) in [5.74, 6) is -1.33. The lowest BCUT2D eigenvalue weighted by molar-refractivity contribution is -0.137. The van der Waals surface area contributed by atoms with Gasteiger partial charge in [-0.2, -0.15) is 13.2 Å². The molecule has 0 radical (unpaired) electrons. The lowest BCUT2D eigenvalue weighted by Crippen LogP contribution is -2.23. The molecule has 1 unspecified atom stereocenters. The van der Waals surface area contributed by atoms with Crippen LogP contribution in [0.4, 0.5) is 18.9 Å². The Morgan fingerprint density at radius 3 is 2.28 bits per heavy atom. The van der Waals surface area contributed by atoms with Crippen molar-refractivity contribution in [3.63, 3.8) is 0 Å². The van der Waals surface area contributed by atoms with Crippen molar-refractivity contribution in [3.05, 3.63) is 59.7 Å². The van der Waals surface area contributed by atoms with Gasteiger partial charge in [-0.1, -0.05) is 6.07 Å². The van der Waals surface area contributed by atoms with E-state index in [0.29, 0.717) is 0 Å². The van der Waals surface area contributed by atoms with Gasteiger partial charge in [0.15, 0.2) is 19.7 Å². The largest absolute Gasteiger partial charge is 0.416 e. The predicted octanol–water partition coefficient (Wildman–Crippen LogP) is 2.92. The Morgan fingerprint density at radius 1 is 1.07 bits per heavy atom. The third kappa shape index (κ3) is 4.78. The molecule has 1 fully saturated rings. The van der Waals surface area contributed by atoms with Crippen molar-refractivity contribution in [2.75, 3.05) is 16.8 Å². The summed E-state index contributed by atoms with van der Waals surface area (Å²) >= 11 is 0. The van der Waals surface area contributed by atoms with Gasteiger partial charge in [0.25, 0.3) is 5.91 Å². The highest BCUT2D eigenvalue weighted by Crippen LogP contribution is 2.31. The Labute approximate surface area is 165 Å². The number of hydrogen-bond acceptors (Lipinski definition) is 5. The number of carbonyl (C=O) groups excluding carboxylic acids is 1. The first-order valence-corrected chi connectivity index (χ1v) is 11.8. The van der Waals surface area contributed by atoms with Crippen molar-refractivity contribution in [2.45, 2.75) is 22.7 Å². The molecule has 156 valence electrons. The number of anilines is 1. The summed E-state index contributed by atoms with van der Waals surface area (Å²) in [5, 5.41) is 1.30. The summed E-state index contributed by atoms with van der Waals surface area (Å²) in [6, 6.07) is 8.92. The molecule has 3 rings (SSSR count). The van der Waals surface area contributed by atoms with Crippen molar-refractivity contribution in [2.24, 2.45) is 0 Å². The van der Waals surface area contributed by atoms with E-state index < -0.39 is 48.3 Å². The highest BCUT2D eigenvalue weighted by atomic mass is 32.2. The Kier molecular flexibility index (Phi) is 5.48. The van der Waals surface area contributed by atoms with Crippen LogP contribution in [0.25, 0.3) is 0 Å². The Bertz CT molecular complexity index is 1140. The first-order valence-electron chi connectivity index (χ1n) is 8.41. The standard InChI is InChI=1S/C18H16F3NO5S2/c19-18(20,21)13-2-1-3-14(10-13)22-17(23)12-4-6-15(7-5-12)29(26,27)16-8-9-28(24,25)11-16/h1-7,10,16H,8-9,11H2,(H,22,23). The van der Waals surface area contributed by atoms with Crippen LogP contribution in [0.15, 0.2) is 53.4 Å². The maximum absolute atomic E-state index is 12.8. The minimum Gasteiger partial charge on any atom is -0.322 e. The molecule has 1 heterocycles. The number of amides is 1. The number of hydrogen-bond donors (Lipinski definition) is 1. The summed E-state index contributed by atoms with van der Waals surface area (Å²) < 4.78 is 86.4. The first-order chi connectivity index (χ1) is 13.4. The molecule has 1 amide bonds. The van der Waals surface area contributed by atoms with Gasteiger partial charge in [-0.05, 0) is 48.9 Å². The zero-order chi connectivity index (χ0) is 21.4. The van der Waals surface area contributed by atoms with Gasteiger partial charge in [0.1, 0.15) is 0 Å². The molecule has 2 aromatic carbocycles. The van der Waals surface area contributed by atoms with Gasteiger partial charge >= 0.3 is 6.18 Å². The van der Waals surface area contributed by atoms with Crippen LogP contribution in [0.5, 0.6) is 0 Å². The molecule has 1 saturated heterocycles. The second kappa shape index (κ2) is 7.45. The Hall–Kier alpha value is -2.40. The van der Waals surface area contributed by atoms with E-state index in [1.54, 1.807) is 0 Å². The lowest BCUT2D eigenvalue weighted by atomic mass is 10.1. The Morgan fingerprint density at radius 2 is 1.72 bits per heavy atom. The van der Waals surface area contributed by atoms with Gasteiger partial charge in [0.05, 0.1) is 27.2 Å². The molecule has 6 nitrogen and oxygen atoms in total. The van der Waals surface area contributed by atoms with Crippen LogP contribution in [0.1, 0.15) is 22.3 Å². The van der Waals surface area contributed by atoms with Gasteiger partial charge in [0, 0.05) is 11.3 Å². The summed E-state index contributed by atoms with van der Waals surface area (Å²) in [6.45, 7) is 0. The number of carbonyl (C=O) groups is 1. The quantitative estimate of drug-likeness (QED) is 0.777. The molecular formula is C18H16F3NO5S2. The number of nitrogens with one attached hydrogen (secondary N) is 1. The lowest BCUT2D eigenvalue weighted by Gasteiger charge is -2.12. The molecule has 0 aliphatic carbocycles. The number of rotatable bonds is 4. The van der Waals surface area contributed by atoms with Crippen LogP contribution in [0.2, 0.25) is 0 Å². The van der Waals surface area contributed by atoms with Crippen LogP contribution in [-0.4, -0.2) is 39.5 Å². The predicted molar refractivity (Wildman–Crippen MR) is 100 cm³/mol. The van der Waals surface area contributed by atoms with Crippen molar-refractivity contribution >= 4 is 31.3 Å². The third-order valence-corrected chi connectivity index (χ3v) is 8.71. The van der Waals surface area contributed by atoms with Crippen LogP contribution in [0, 0.1) is 0 Å². The van der Waals surface area contributed by atoms with Gasteiger partial charge in [0.2, 0.25) is 0 Å². The normalized spacial score (nSPS) is 19.1. The van der Waals surface area contributed by atoms with E-state index in [4.69, 9.17) is 0 Å². The zero-order valence-corrected chi connectivity index (χ0v) is 16.4. The molecule has 1 atom stereocenters. The van der Waals surface area contributed by atoms with E-state index >= 15 is 0 Å². The van der Waals surface area contributed by atoms with Gasteiger partial charge in [-0.3, -0.25) is 4.79 Å². The fraction of sp³-hybridized carbons (Fsp3) is 0.278. The molecule has 29 heavy (non-hydrogen) atoms. The van der Waals surface area contributed by atoms with Gasteiger partial charge in [-0.15, -0.1) is 0 Å². The number of alkyl halides is 3. The second-order valence-corrected chi connectivity index (χ2v) is 11.1. The fourth-order valence-electron chi connectivity index (χ4n) is 2.97. The number of benzene rings is 2. The fourth-order valence-corrected chi connectivity index (χ4v) is 7.33. The molecule has 1 N–H and O–H groups in total. The van der Waals surface area contributed by atoms with Crippen LogP contribution in [-0.2, 0) is 25.9 Å². The zero-order valence-electron chi connectivity index (χ0n) is 14.8. The van der Waals surface area contributed by atoms with E-state index in [0.717, 1.165) is 18.2 Å². The average Bonchev–Trinajstić information content (AvgIpc) is 3.02. The molecule has 2 aromatic rings. The van der Waals surface area contributed by atoms with Crippen LogP contribution in [0.3, 0.4) is 0 Å². The van der Waals surface area contributed by atoms with Crippen LogP contribution >= 0.6 is 0 Å². The molecule has 11 heteroatoms. The van der Waals surface area contributed by atoms with E-state index in [-0.39, 0.29) is 28.3 Å². The molecule has 0 bridgehead atoms. The highest BCUT2D eigenvalue weighted by Gasteiger charge is 2.38. The Balaban J connectivity index is 1.76. The molecule has 1 aliphatic heterocycles. The third-order valence-electron chi connectivity index (χ3n) is 4.52. The van der Waals surface area contributed by atoms with E-state index in [1.807, 2.05) is 0 Å². The molecule has 0 saturated carbocycles. The average molecular weight is 447 g/mol. The summed E-state index contributed by atoms with van der Waals surface area (Å²) in [5.41, 5.74) is -0.929. The van der Waals surface area contributed by atoms with Crippen molar-refractivity contribution in [1.82, 2.24) is 0 Å². The molecule has 1 aliphatic rings.